The van der Waals surface area contributed by atoms with E-state index in [9.17, 15) is 17.6 Å². The molecule has 0 saturated heterocycles. The molecular weight excluding hydrogens is 386 g/mol. The normalized spacial score (nSPS) is 16.4. The number of alkyl halides is 3. The number of fused-ring (bicyclic) bond motifs is 3. The lowest BCUT2D eigenvalue weighted by Crippen LogP contribution is -2.16. The maximum atomic E-state index is 14.4. The van der Waals surface area contributed by atoms with E-state index in [4.69, 9.17) is 11.6 Å². The van der Waals surface area contributed by atoms with Gasteiger partial charge in [0.1, 0.15) is 18.1 Å². The molecule has 3 aromatic rings. The molecule has 5 nitrogen and oxygen atoms in total. The monoisotopic (exact) mass is 395 g/mol. The summed E-state index contributed by atoms with van der Waals surface area (Å²) in [5.41, 5.74) is -1.21. The molecule has 0 bridgehead atoms. The topological polar surface area (TPSA) is 56.0 Å². The van der Waals surface area contributed by atoms with E-state index >= 15 is 0 Å². The second-order valence-electron chi connectivity index (χ2n) is 5.84. The number of aromatic nitrogens is 4. The van der Waals surface area contributed by atoms with Crippen molar-refractivity contribution in [2.45, 2.75) is 19.1 Å². The minimum Gasteiger partial charge on any atom is -0.271 e. The average Bonchev–Trinajstić information content (AvgIpc) is 3.05. The molecule has 138 valence electrons. The van der Waals surface area contributed by atoms with Crippen molar-refractivity contribution in [1.82, 2.24) is 19.7 Å². The number of rotatable bonds is 1. The van der Waals surface area contributed by atoms with Gasteiger partial charge in [-0.1, -0.05) is 11.6 Å². The Hall–Kier alpha value is -2.81. The number of benzene rings is 1. The van der Waals surface area contributed by atoms with Gasteiger partial charge in [0.15, 0.2) is 11.6 Å². The molecule has 2 aromatic heterocycles. The molecular formula is C17H10ClF4N5. The van der Waals surface area contributed by atoms with Crippen molar-refractivity contribution in [3.05, 3.63) is 70.3 Å². The number of halogens is 5. The Morgan fingerprint density at radius 1 is 1.15 bits per heavy atom. The van der Waals surface area contributed by atoms with Gasteiger partial charge in [0.25, 0.3) is 0 Å². The van der Waals surface area contributed by atoms with Crippen LogP contribution in [0.2, 0.25) is 5.02 Å². The molecule has 0 saturated carbocycles. The SMILES string of the molecule is CC1N=C(c2ncccc2F)c2c(ccc(C(F)(F)F)c2Cl)-n2ncnc21. The van der Waals surface area contributed by atoms with E-state index in [1.165, 1.54) is 29.3 Å². The summed E-state index contributed by atoms with van der Waals surface area (Å²) in [4.78, 5) is 12.5. The van der Waals surface area contributed by atoms with Gasteiger partial charge in [-0.25, -0.2) is 14.1 Å². The first-order valence-electron chi connectivity index (χ1n) is 7.78. The second kappa shape index (κ2) is 6.12. The van der Waals surface area contributed by atoms with E-state index in [-0.39, 0.29) is 22.7 Å². The Morgan fingerprint density at radius 3 is 2.63 bits per heavy atom. The fourth-order valence-electron chi connectivity index (χ4n) is 2.96. The molecule has 1 unspecified atom stereocenters. The van der Waals surface area contributed by atoms with Crippen molar-refractivity contribution < 1.29 is 17.6 Å². The van der Waals surface area contributed by atoms with Crippen molar-refractivity contribution in [1.29, 1.82) is 0 Å². The van der Waals surface area contributed by atoms with Crippen LogP contribution >= 0.6 is 11.6 Å². The molecule has 3 heterocycles. The van der Waals surface area contributed by atoms with Crippen molar-refractivity contribution in [3.8, 4) is 5.69 Å². The summed E-state index contributed by atoms with van der Waals surface area (Å²) in [6, 6.07) is 3.99. The maximum Gasteiger partial charge on any atom is 0.417 e. The molecule has 1 atom stereocenters. The quantitative estimate of drug-likeness (QED) is 0.574. The second-order valence-corrected chi connectivity index (χ2v) is 6.21. The average molecular weight is 396 g/mol. The number of hydrogen-bond acceptors (Lipinski definition) is 4. The zero-order valence-corrected chi connectivity index (χ0v) is 14.4. The van der Waals surface area contributed by atoms with Crippen LogP contribution < -0.4 is 0 Å². The lowest BCUT2D eigenvalue weighted by Gasteiger charge is -2.17. The first kappa shape index (κ1) is 17.6. The third kappa shape index (κ3) is 2.78. The smallest absolute Gasteiger partial charge is 0.271 e. The summed E-state index contributed by atoms with van der Waals surface area (Å²) in [6.45, 7) is 1.67. The fraction of sp³-hybridized carbons (Fsp3) is 0.176. The maximum absolute atomic E-state index is 14.4. The number of pyridine rings is 1. The molecule has 4 rings (SSSR count). The van der Waals surface area contributed by atoms with Crippen LogP contribution in [0.15, 0.2) is 41.8 Å². The molecule has 0 fully saturated rings. The first-order chi connectivity index (χ1) is 12.8. The molecule has 0 amide bonds. The number of aliphatic imine (C=N–C) groups is 1. The highest BCUT2D eigenvalue weighted by molar-refractivity contribution is 6.37. The lowest BCUT2D eigenvalue weighted by atomic mass is 10.0. The summed E-state index contributed by atoms with van der Waals surface area (Å²) in [5, 5.41) is 3.47. The Kier molecular flexibility index (Phi) is 3.99. The number of nitrogens with zero attached hydrogens (tertiary/aromatic N) is 5. The predicted molar refractivity (Wildman–Crippen MR) is 89.6 cm³/mol. The van der Waals surface area contributed by atoms with E-state index in [0.29, 0.717) is 5.82 Å². The van der Waals surface area contributed by atoms with Gasteiger partial charge in [0.05, 0.1) is 22.0 Å². The van der Waals surface area contributed by atoms with Crippen LogP contribution in [0.5, 0.6) is 0 Å². The minimum atomic E-state index is -4.69. The Morgan fingerprint density at radius 2 is 1.93 bits per heavy atom. The molecule has 0 radical (unpaired) electrons. The van der Waals surface area contributed by atoms with Crippen LogP contribution in [-0.2, 0) is 6.18 Å². The van der Waals surface area contributed by atoms with E-state index in [1.807, 2.05) is 0 Å². The van der Waals surface area contributed by atoms with Gasteiger partial charge >= 0.3 is 6.18 Å². The van der Waals surface area contributed by atoms with Gasteiger partial charge in [-0.3, -0.25) is 9.98 Å². The van der Waals surface area contributed by atoms with Gasteiger partial charge in [-0.2, -0.15) is 18.3 Å². The highest BCUT2D eigenvalue weighted by Gasteiger charge is 2.37. The van der Waals surface area contributed by atoms with E-state index in [2.05, 4.69) is 20.1 Å². The van der Waals surface area contributed by atoms with Crippen LogP contribution in [0.4, 0.5) is 17.6 Å². The molecule has 0 aliphatic carbocycles. The molecule has 1 aliphatic rings. The predicted octanol–water partition coefficient (Wildman–Crippen LogP) is 4.39. The van der Waals surface area contributed by atoms with Crippen molar-refractivity contribution >= 4 is 17.3 Å². The van der Waals surface area contributed by atoms with Crippen LogP contribution in [0.3, 0.4) is 0 Å². The minimum absolute atomic E-state index is 0.0843. The molecule has 0 spiro atoms. The van der Waals surface area contributed by atoms with Crippen molar-refractivity contribution in [2.24, 2.45) is 4.99 Å². The van der Waals surface area contributed by atoms with Crippen molar-refractivity contribution in [2.75, 3.05) is 0 Å². The van der Waals surface area contributed by atoms with E-state index in [1.54, 1.807) is 6.92 Å². The first-order valence-corrected chi connectivity index (χ1v) is 8.16. The third-order valence-electron chi connectivity index (χ3n) is 4.14. The highest BCUT2D eigenvalue weighted by Crippen LogP contribution is 2.41. The summed E-state index contributed by atoms with van der Waals surface area (Å²) in [6.07, 6.45) is -2.10. The highest BCUT2D eigenvalue weighted by atomic mass is 35.5. The lowest BCUT2D eigenvalue weighted by molar-refractivity contribution is -0.137. The molecule has 1 aromatic carbocycles. The third-order valence-corrected chi connectivity index (χ3v) is 4.54. The van der Waals surface area contributed by atoms with E-state index in [0.717, 1.165) is 12.1 Å². The molecule has 0 N–H and O–H groups in total. The van der Waals surface area contributed by atoms with E-state index < -0.39 is 28.6 Å². The summed E-state index contributed by atoms with van der Waals surface area (Å²) in [5.74, 6) is -0.339. The van der Waals surface area contributed by atoms with Gasteiger partial charge < -0.3 is 0 Å². The summed E-state index contributed by atoms with van der Waals surface area (Å²) >= 11 is 6.15. The summed E-state index contributed by atoms with van der Waals surface area (Å²) in [7, 11) is 0. The fourth-order valence-corrected chi connectivity index (χ4v) is 3.32. The largest absolute Gasteiger partial charge is 0.417 e. The number of hydrogen-bond donors (Lipinski definition) is 0. The molecule has 1 aliphatic heterocycles. The summed E-state index contributed by atoms with van der Waals surface area (Å²) < 4.78 is 55.9. The van der Waals surface area contributed by atoms with Gasteiger partial charge in [-0.05, 0) is 31.2 Å². The standard InChI is InChI=1S/C17H10ClF4N5/c1-8-16-24-7-25-27(16)11-5-4-9(17(20,21)22)13(18)12(11)15(26-8)14-10(19)3-2-6-23-14/h2-8H,1H3. The van der Waals surface area contributed by atoms with Crippen LogP contribution in [0, 0.1) is 5.82 Å². The van der Waals surface area contributed by atoms with Crippen LogP contribution in [-0.4, -0.2) is 25.5 Å². The van der Waals surface area contributed by atoms with Gasteiger partial charge in [0.2, 0.25) is 0 Å². The van der Waals surface area contributed by atoms with Gasteiger partial charge in [0, 0.05) is 11.8 Å². The van der Waals surface area contributed by atoms with Crippen molar-refractivity contribution in [3.63, 3.8) is 0 Å². The molecule has 10 heteroatoms. The Labute approximate surface area is 155 Å². The van der Waals surface area contributed by atoms with Crippen LogP contribution in [0.25, 0.3) is 5.69 Å². The van der Waals surface area contributed by atoms with Gasteiger partial charge in [-0.15, -0.1) is 0 Å². The van der Waals surface area contributed by atoms with Crippen LogP contribution in [0.1, 0.15) is 35.6 Å². The molecule has 27 heavy (non-hydrogen) atoms. The Bertz CT molecular complexity index is 1070. The zero-order valence-electron chi connectivity index (χ0n) is 13.7. The zero-order chi connectivity index (χ0) is 19.3. The Balaban J connectivity index is 2.11.